The van der Waals surface area contributed by atoms with E-state index in [1.165, 1.54) is 12.1 Å². The number of carbonyl (C=O) groups is 2. The van der Waals surface area contributed by atoms with E-state index in [9.17, 15) is 19.7 Å². The first-order chi connectivity index (χ1) is 11.5. The standard InChI is InChI=1S/C15H7ClN2O5S/c16-9-6-5-8(7-11(9)18(21)22)14(19)23-15(20)13-17-10-3-1-2-4-12(10)24-13/h1-7H. The second-order valence-corrected chi connectivity index (χ2v) is 6.02. The van der Waals surface area contributed by atoms with E-state index in [4.69, 9.17) is 16.3 Å². The molecule has 1 aromatic heterocycles. The number of halogens is 1. The van der Waals surface area contributed by atoms with E-state index in [1.807, 2.05) is 0 Å². The number of ether oxygens (including phenoxy) is 1. The lowest BCUT2D eigenvalue weighted by atomic mass is 10.2. The van der Waals surface area contributed by atoms with E-state index >= 15 is 0 Å². The van der Waals surface area contributed by atoms with Crippen molar-refractivity contribution in [2.75, 3.05) is 0 Å². The number of nitro groups is 1. The van der Waals surface area contributed by atoms with Crippen molar-refractivity contribution >= 4 is 50.8 Å². The highest BCUT2D eigenvalue weighted by Gasteiger charge is 2.21. The number of carbonyl (C=O) groups excluding carboxylic acids is 2. The molecule has 0 aliphatic rings. The molecule has 0 saturated carbocycles. The normalized spacial score (nSPS) is 10.5. The van der Waals surface area contributed by atoms with E-state index in [0.717, 1.165) is 22.1 Å². The molecular formula is C15H7ClN2O5S. The Morgan fingerprint density at radius 2 is 1.92 bits per heavy atom. The smallest absolute Gasteiger partial charge is 0.375 e. The van der Waals surface area contributed by atoms with Crippen molar-refractivity contribution < 1.29 is 19.2 Å². The van der Waals surface area contributed by atoms with Crippen molar-refractivity contribution in [1.29, 1.82) is 0 Å². The molecule has 7 nitrogen and oxygen atoms in total. The minimum Gasteiger partial charge on any atom is -0.384 e. The van der Waals surface area contributed by atoms with Gasteiger partial charge in [-0.05, 0) is 24.3 Å². The van der Waals surface area contributed by atoms with Gasteiger partial charge in [0.15, 0.2) is 0 Å². The van der Waals surface area contributed by atoms with Gasteiger partial charge in [-0.1, -0.05) is 23.7 Å². The third-order valence-electron chi connectivity index (χ3n) is 3.03. The summed E-state index contributed by atoms with van der Waals surface area (Å²) in [6.07, 6.45) is 0. The highest BCUT2D eigenvalue weighted by molar-refractivity contribution is 7.20. The molecule has 0 saturated heterocycles. The Kier molecular flexibility index (Phi) is 4.24. The molecule has 24 heavy (non-hydrogen) atoms. The van der Waals surface area contributed by atoms with Crippen LogP contribution >= 0.6 is 22.9 Å². The molecule has 0 N–H and O–H groups in total. The molecule has 120 valence electrons. The number of rotatable bonds is 3. The van der Waals surface area contributed by atoms with E-state index < -0.39 is 22.5 Å². The molecule has 0 aliphatic carbocycles. The summed E-state index contributed by atoms with van der Waals surface area (Å²) in [4.78, 5) is 38.2. The molecule has 0 bridgehead atoms. The van der Waals surface area contributed by atoms with Crippen LogP contribution in [0.4, 0.5) is 5.69 Å². The molecule has 9 heteroatoms. The zero-order chi connectivity index (χ0) is 17.3. The summed E-state index contributed by atoms with van der Waals surface area (Å²) >= 11 is 6.76. The highest BCUT2D eigenvalue weighted by atomic mass is 35.5. The fourth-order valence-corrected chi connectivity index (χ4v) is 2.95. The molecule has 0 atom stereocenters. The van der Waals surface area contributed by atoms with Crippen molar-refractivity contribution in [3.8, 4) is 0 Å². The molecule has 1 heterocycles. The zero-order valence-corrected chi connectivity index (χ0v) is 13.3. The van der Waals surface area contributed by atoms with Crippen LogP contribution in [0.25, 0.3) is 10.2 Å². The Morgan fingerprint density at radius 1 is 1.17 bits per heavy atom. The summed E-state index contributed by atoms with van der Waals surface area (Å²) in [6.45, 7) is 0. The van der Waals surface area contributed by atoms with Crippen LogP contribution in [0.15, 0.2) is 42.5 Å². The number of para-hydroxylation sites is 1. The number of thiazole rings is 1. The molecule has 0 radical (unpaired) electrons. The molecule has 3 aromatic rings. The lowest BCUT2D eigenvalue weighted by molar-refractivity contribution is -0.384. The van der Waals surface area contributed by atoms with Crippen LogP contribution in [-0.2, 0) is 4.74 Å². The largest absolute Gasteiger partial charge is 0.384 e. The van der Waals surface area contributed by atoms with Gasteiger partial charge < -0.3 is 4.74 Å². The second-order valence-electron chi connectivity index (χ2n) is 4.59. The Balaban J connectivity index is 1.82. The second kappa shape index (κ2) is 6.34. The third-order valence-corrected chi connectivity index (χ3v) is 4.37. The minimum absolute atomic E-state index is 0.0213. The van der Waals surface area contributed by atoms with Crippen LogP contribution in [0.2, 0.25) is 5.02 Å². The lowest BCUT2D eigenvalue weighted by Crippen LogP contribution is -2.12. The maximum atomic E-state index is 12.0. The van der Waals surface area contributed by atoms with Gasteiger partial charge in [-0.2, -0.15) is 0 Å². The Morgan fingerprint density at radius 3 is 2.62 bits per heavy atom. The van der Waals surface area contributed by atoms with Crippen LogP contribution < -0.4 is 0 Å². The number of nitro benzene ring substituents is 1. The van der Waals surface area contributed by atoms with Gasteiger partial charge in [0.2, 0.25) is 5.01 Å². The molecule has 0 fully saturated rings. The predicted octanol–water partition coefficient (Wildman–Crippen LogP) is 3.86. The fraction of sp³-hybridized carbons (Fsp3) is 0. The summed E-state index contributed by atoms with van der Waals surface area (Å²) in [6, 6.07) is 10.5. The fourth-order valence-electron chi connectivity index (χ4n) is 1.93. The van der Waals surface area contributed by atoms with Gasteiger partial charge in [0.05, 0.1) is 20.7 Å². The SMILES string of the molecule is O=C(OC(=O)c1nc2ccccc2s1)c1ccc(Cl)c([N+](=O)[O-])c1. The summed E-state index contributed by atoms with van der Waals surface area (Å²) in [5.74, 6) is -1.93. The number of hydrogen-bond acceptors (Lipinski definition) is 7. The van der Waals surface area contributed by atoms with Gasteiger partial charge in [-0.15, -0.1) is 11.3 Å². The molecule has 2 aromatic carbocycles. The molecule has 0 unspecified atom stereocenters. The van der Waals surface area contributed by atoms with Gasteiger partial charge >= 0.3 is 11.9 Å². The lowest BCUT2D eigenvalue weighted by Gasteiger charge is -2.02. The predicted molar refractivity (Wildman–Crippen MR) is 87.5 cm³/mol. The van der Waals surface area contributed by atoms with Crippen LogP contribution in [-0.4, -0.2) is 21.8 Å². The Bertz CT molecular complexity index is 952. The first-order valence-corrected chi connectivity index (χ1v) is 7.71. The number of benzene rings is 2. The summed E-state index contributed by atoms with van der Waals surface area (Å²) < 4.78 is 5.51. The first kappa shape index (κ1) is 16.0. The molecule has 3 rings (SSSR count). The topological polar surface area (TPSA) is 99.4 Å². The van der Waals surface area contributed by atoms with Crippen molar-refractivity contribution in [2.45, 2.75) is 0 Å². The third kappa shape index (κ3) is 3.10. The number of hydrogen-bond donors (Lipinski definition) is 0. The maximum absolute atomic E-state index is 12.0. The van der Waals surface area contributed by atoms with Crippen molar-refractivity contribution in [3.63, 3.8) is 0 Å². The summed E-state index contributed by atoms with van der Waals surface area (Å²) in [5, 5.41) is 10.7. The van der Waals surface area contributed by atoms with E-state index in [1.54, 1.807) is 24.3 Å². The quantitative estimate of drug-likeness (QED) is 0.303. The highest BCUT2D eigenvalue weighted by Crippen LogP contribution is 2.26. The average molecular weight is 363 g/mol. The molecule has 0 spiro atoms. The van der Waals surface area contributed by atoms with Crippen molar-refractivity contribution in [1.82, 2.24) is 4.98 Å². The Hall–Kier alpha value is -2.84. The molecule has 0 aliphatic heterocycles. The maximum Gasteiger partial charge on any atom is 0.375 e. The first-order valence-electron chi connectivity index (χ1n) is 6.52. The summed E-state index contributed by atoms with van der Waals surface area (Å²) in [5.41, 5.74) is 0.0168. The number of esters is 2. The van der Waals surface area contributed by atoms with Crippen LogP contribution in [0, 0.1) is 10.1 Å². The number of fused-ring (bicyclic) bond motifs is 1. The van der Waals surface area contributed by atoms with Gasteiger partial charge in [-0.3, -0.25) is 10.1 Å². The molecular weight excluding hydrogens is 356 g/mol. The average Bonchev–Trinajstić information content (AvgIpc) is 2.99. The minimum atomic E-state index is -1.01. The van der Waals surface area contributed by atoms with E-state index in [0.29, 0.717) is 5.52 Å². The van der Waals surface area contributed by atoms with Crippen LogP contribution in [0.3, 0.4) is 0 Å². The van der Waals surface area contributed by atoms with Gasteiger partial charge in [0.25, 0.3) is 5.69 Å². The monoisotopic (exact) mass is 362 g/mol. The Labute approximate surface area is 143 Å². The zero-order valence-electron chi connectivity index (χ0n) is 11.8. The van der Waals surface area contributed by atoms with E-state index in [2.05, 4.69) is 4.98 Å². The van der Waals surface area contributed by atoms with Crippen molar-refractivity contribution in [3.05, 3.63) is 68.2 Å². The van der Waals surface area contributed by atoms with Crippen molar-refractivity contribution in [2.24, 2.45) is 0 Å². The van der Waals surface area contributed by atoms with Gasteiger partial charge in [0.1, 0.15) is 5.02 Å². The molecule has 0 amide bonds. The van der Waals surface area contributed by atoms with E-state index in [-0.39, 0.29) is 15.6 Å². The van der Waals surface area contributed by atoms with Crippen LogP contribution in [0.1, 0.15) is 20.2 Å². The van der Waals surface area contributed by atoms with Gasteiger partial charge in [0, 0.05) is 6.07 Å². The van der Waals surface area contributed by atoms with Crippen LogP contribution in [0.5, 0.6) is 0 Å². The summed E-state index contributed by atoms with van der Waals surface area (Å²) in [7, 11) is 0. The van der Waals surface area contributed by atoms with Gasteiger partial charge in [-0.25, -0.2) is 14.6 Å². The number of nitrogens with zero attached hydrogens (tertiary/aromatic N) is 2. The number of aromatic nitrogens is 1.